The summed E-state index contributed by atoms with van der Waals surface area (Å²) in [5.74, 6) is 0. The zero-order chi connectivity index (χ0) is 10.2. The van der Waals surface area contributed by atoms with Crippen molar-refractivity contribution in [1.82, 2.24) is 9.78 Å². The van der Waals surface area contributed by atoms with Crippen LogP contribution in [0, 0.1) is 5.41 Å². The van der Waals surface area contributed by atoms with Crippen LogP contribution in [-0.2, 0) is 7.05 Å². The standard InChI is InChI=1S/C10H17N3O/c1-13-6-8(5-12-13)9(14)10(7-11)3-2-4-10/h5-6,9,14H,2-4,7,11H2,1H3. The van der Waals surface area contributed by atoms with E-state index in [0.717, 1.165) is 18.4 Å². The van der Waals surface area contributed by atoms with Crippen molar-refractivity contribution in [3.63, 3.8) is 0 Å². The van der Waals surface area contributed by atoms with Gasteiger partial charge in [0.15, 0.2) is 0 Å². The third-order valence-corrected chi connectivity index (χ3v) is 3.38. The Morgan fingerprint density at radius 3 is 2.79 bits per heavy atom. The molecule has 4 heteroatoms. The molecule has 3 N–H and O–H groups in total. The molecule has 2 rings (SSSR count). The number of aromatic nitrogens is 2. The molecule has 1 saturated carbocycles. The van der Waals surface area contributed by atoms with Gasteiger partial charge in [-0.1, -0.05) is 6.42 Å². The van der Waals surface area contributed by atoms with Gasteiger partial charge >= 0.3 is 0 Å². The molecule has 0 amide bonds. The van der Waals surface area contributed by atoms with E-state index in [1.54, 1.807) is 10.9 Å². The van der Waals surface area contributed by atoms with Gasteiger partial charge in [-0.15, -0.1) is 0 Å². The molecular weight excluding hydrogens is 178 g/mol. The van der Waals surface area contributed by atoms with Gasteiger partial charge < -0.3 is 10.8 Å². The second kappa shape index (κ2) is 3.37. The highest BCUT2D eigenvalue weighted by atomic mass is 16.3. The predicted octanol–water partition coefficient (Wildman–Crippen LogP) is 0.582. The molecule has 1 aliphatic carbocycles. The fraction of sp³-hybridized carbons (Fsp3) is 0.700. The maximum absolute atomic E-state index is 10.2. The zero-order valence-corrected chi connectivity index (χ0v) is 8.48. The topological polar surface area (TPSA) is 64.1 Å². The van der Waals surface area contributed by atoms with Crippen LogP contribution in [0.5, 0.6) is 0 Å². The van der Waals surface area contributed by atoms with Crippen LogP contribution in [0.25, 0.3) is 0 Å². The van der Waals surface area contributed by atoms with Crippen molar-refractivity contribution in [2.24, 2.45) is 18.2 Å². The van der Waals surface area contributed by atoms with Crippen molar-refractivity contribution in [3.05, 3.63) is 18.0 Å². The van der Waals surface area contributed by atoms with E-state index in [1.807, 2.05) is 13.2 Å². The zero-order valence-electron chi connectivity index (χ0n) is 8.48. The van der Waals surface area contributed by atoms with Gasteiger partial charge in [0.05, 0.1) is 12.3 Å². The highest BCUT2D eigenvalue weighted by molar-refractivity contribution is 5.14. The molecule has 4 nitrogen and oxygen atoms in total. The van der Waals surface area contributed by atoms with E-state index < -0.39 is 6.10 Å². The molecule has 0 saturated heterocycles. The van der Waals surface area contributed by atoms with Gasteiger partial charge in [0.2, 0.25) is 0 Å². The van der Waals surface area contributed by atoms with Gasteiger partial charge in [0.1, 0.15) is 0 Å². The van der Waals surface area contributed by atoms with E-state index in [-0.39, 0.29) is 5.41 Å². The normalized spacial score (nSPS) is 21.6. The Bertz CT molecular complexity index is 311. The van der Waals surface area contributed by atoms with E-state index in [0.29, 0.717) is 6.54 Å². The summed E-state index contributed by atoms with van der Waals surface area (Å²) in [6, 6.07) is 0. The molecule has 0 bridgehead atoms. The highest BCUT2D eigenvalue weighted by Crippen LogP contribution is 2.49. The lowest BCUT2D eigenvalue weighted by atomic mass is 9.64. The van der Waals surface area contributed by atoms with Crippen LogP contribution in [0.4, 0.5) is 0 Å². The Labute approximate surface area is 83.7 Å². The van der Waals surface area contributed by atoms with Gasteiger partial charge in [0, 0.05) is 30.8 Å². The number of aliphatic hydroxyl groups is 1. The average molecular weight is 195 g/mol. The first-order valence-electron chi connectivity index (χ1n) is 5.05. The summed E-state index contributed by atoms with van der Waals surface area (Å²) in [4.78, 5) is 0. The molecule has 1 fully saturated rings. The SMILES string of the molecule is Cn1cc(C(O)C2(CN)CCC2)cn1. The summed E-state index contributed by atoms with van der Waals surface area (Å²) in [7, 11) is 1.85. The van der Waals surface area contributed by atoms with Crippen LogP contribution in [0.2, 0.25) is 0 Å². The minimum atomic E-state index is -0.449. The molecule has 0 radical (unpaired) electrons. The minimum Gasteiger partial charge on any atom is -0.388 e. The van der Waals surface area contributed by atoms with Crippen molar-refractivity contribution >= 4 is 0 Å². The molecular formula is C10H17N3O. The Morgan fingerprint density at radius 2 is 2.43 bits per heavy atom. The summed E-state index contributed by atoms with van der Waals surface area (Å²) < 4.78 is 1.71. The lowest BCUT2D eigenvalue weighted by Crippen LogP contribution is -2.42. The van der Waals surface area contributed by atoms with Gasteiger partial charge in [-0.05, 0) is 12.8 Å². The van der Waals surface area contributed by atoms with E-state index in [1.165, 1.54) is 6.42 Å². The van der Waals surface area contributed by atoms with Crippen LogP contribution >= 0.6 is 0 Å². The number of aryl methyl sites for hydroxylation is 1. The molecule has 0 spiro atoms. The summed E-state index contributed by atoms with van der Waals surface area (Å²) >= 11 is 0. The van der Waals surface area contributed by atoms with Crippen molar-refractivity contribution in [2.45, 2.75) is 25.4 Å². The second-order valence-electron chi connectivity index (χ2n) is 4.27. The summed E-state index contributed by atoms with van der Waals surface area (Å²) in [6.07, 6.45) is 6.36. The van der Waals surface area contributed by atoms with Gasteiger partial charge in [-0.2, -0.15) is 5.10 Å². The first kappa shape index (κ1) is 9.68. The molecule has 78 valence electrons. The molecule has 1 aromatic heterocycles. The van der Waals surface area contributed by atoms with E-state index >= 15 is 0 Å². The van der Waals surface area contributed by atoms with Crippen LogP contribution in [0.15, 0.2) is 12.4 Å². The number of nitrogens with two attached hydrogens (primary N) is 1. The molecule has 1 heterocycles. The van der Waals surface area contributed by atoms with Crippen molar-refractivity contribution in [1.29, 1.82) is 0 Å². The smallest absolute Gasteiger partial charge is 0.0888 e. The summed E-state index contributed by atoms with van der Waals surface area (Å²) in [5, 5.41) is 14.2. The third-order valence-electron chi connectivity index (χ3n) is 3.38. The van der Waals surface area contributed by atoms with Crippen LogP contribution in [-0.4, -0.2) is 21.4 Å². The van der Waals surface area contributed by atoms with Crippen molar-refractivity contribution in [3.8, 4) is 0 Å². The molecule has 14 heavy (non-hydrogen) atoms. The number of hydrogen-bond donors (Lipinski definition) is 2. The molecule has 1 atom stereocenters. The lowest BCUT2D eigenvalue weighted by Gasteiger charge is -2.44. The molecule has 1 aliphatic rings. The largest absolute Gasteiger partial charge is 0.388 e. The lowest BCUT2D eigenvalue weighted by molar-refractivity contribution is -0.0297. The fourth-order valence-electron chi connectivity index (χ4n) is 2.15. The Kier molecular flexibility index (Phi) is 2.33. The van der Waals surface area contributed by atoms with Gasteiger partial charge in [-0.3, -0.25) is 4.68 Å². The van der Waals surface area contributed by atoms with E-state index in [4.69, 9.17) is 5.73 Å². The third kappa shape index (κ3) is 1.35. The number of rotatable bonds is 3. The second-order valence-corrected chi connectivity index (χ2v) is 4.27. The summed E-state index contributed by atoms with van der Waals surface area (Å²) in [5.41, 5.74) is 6.53. The Balaban J connectivity index is 2.18. The highest BCUT2D eigenvalue weighted by Gasteiger charge is 2.43. The molecule has 0 aliphatic heterocycles. The van der Waals surface area contributed by atoms with Crippen LogP contribution in [0.3, 0.4) is 0 Å². The van der Waals surface area contributed by atoms with E-state index in [2.05, 4.69) is 5.10 Å². The number of aliphatic hydroxyl groups excluding tert-OH is 1. The molecule has 1 unspecified atom stereocenters. The van der Waals surface area contributed by atoms with Crippen molar-refractivity contribution < 1.29 is 5.11 Å². The van der Waals surface area contributed by atoms with Crippen LogP contribution in [0.1, 0.15) is 30.9 Å². The number of nitrogens with zero attached hydrogens (tertiary/aromatic N) is 2. The predicted molar refractivity (Wildman–Crippen MR) is 53.5 cm³/mol. The quantitative estimate of drug-likeness (QED) is 0.741. The molecule has 1 aromatic rings. The van der Waals surface area contributed by atoms with Crippen molar-refractivity contribution in [2.75, 3.05) is 6.54 Å². The first-order chi connectivity index (χ1) is 6.68. The van der Waals surface area contributed by atoms with Crippen LogP contribution < -0.4 is 5.73 Å². The first-order valence-corrected chi connectivity index (χ1v) is 5.05. The Morgan fingerprint density at radius 1 is 1.71 bits per heavy atom. The average Bonchev–Trinajstić information content (AvgIpc) is 2.50. The van der Waals surface area contributed by atoms with Gasteiger partial charge in [0.25, 0.3) is 0 Å². The minimum absolute atomic E-state index is 0.0803. The summed E-state index contributed by atoms with van der Waals surface area (Å²) in [6.45, 7) is 0.559. The Hall–Kier alpha value is -0.870. The monoisotopic (exact) mass is 195 g/mol. The maximum Gasteiger partial charge on any atom is 0.0888 e. The fourth-order valence-corrected chi connectivity index (χ4v) is 2.15. The van der Waals surface area contributed by atoms with E-state index in [9.17, 15) is 5.11 Å². The van der Waals surface area contributed by atoms with Gasteiger partial charge in [-0.25, -0.2) is 0 Å². The molecule has 0 aromatic carbocycles. The maximum atomic E-state index is 10.2. The number of hydrogen-bond acceptors (Lipinski definition) is 3.